The molecule has 0 aromatic carbocycles. The Bertz CT molecular complexity index is 1160. The van der Waals surface area contributed by atoms with Gasteiger partial charge in [0.1, 0.15) is 13.2 Å². The zero-order chi connectivity index (χ0) is 44.3. The van der Waals surface area contributed by atoms with E-state index in [1.165, 1.54) is 109 Å². The molecule has 60 heavy (non-hydrogen) atoms. The molecule has 0 aliphatic rings. The summed E-state index contributed by atoms with van der Waals surface area (Å²) < 4.78 is 23.6. The van der Waals surface area contributed by atoms with Gasteiger partial charge >= 0.3 is 7.82 Å². The van der Waals surface area contributed by atoms with Crippen LogP contribution in [0.25, 0.3) is 0 Å². The molecule has 0 rings (SSSR count). The van der Waals surface area contributed by atoms with Crippen LogP contribution in [-0.2, 0) is 18.4 Å². The molecular formula is C51H96N2O6P+. The van der Waals surface area contributed by atoms with Crippen molar-refractivity contribution in [2.45, 2.75) is 219 Å². The van der Waals surface area contributed by atoms with Crippen molar-refractivity contribution in [3.63, 3.8) is 0 Å². The molecule has 350 valence electrons. The molecule has 0 radical (unpaired) electrons. The molecule has 0 heterocycles. The molecule has 3 unspecified atom stereocenters. The highest BCUT2D eigenvalue weighted by Crippen LogP contribution is 2.43. The third-order valence-corrected chi connectivity index (χ3v) is 11.8. The zero-order valence-corrected chi connectivity index (χ0v) is 40.6. The Hall–Kier alpha value is -1.80. The van der Waals surface area contributed by atoms with Crippen molar-refractivity contribution in [3.05, 3.63) is 60.8 Å². The number of likely N-dealkylation sites (N-methyl/N-ethyl adjacent to an activating group) is 1. The fraction of sp³-hybridized carbons (Fsp3) is 0.784. The van der Waals surface area contributed by atoms with Gasteiger partial charge in [-0.3, -0.25) is 13.8 Å². The van der Waals surface area contributed by atoms with Crippen molar-refractivity contribution in [1.29, 1.82) is 0 Å². The number of aliphatic hydroxyl groups is 1. The number of amides is 1. The predicted octanol–water partition coefficient (Wildman–Crippen LogP) is 14.2. The highest BCUT2D eigenvalue weighted by atomic mass is 31.2. The van der Waals surface area contributed by atoms with Gasteiger partial charge in [-0.2, -0.15) is 0 Å². The SMILES string of the molecule is CC/C=C\C/C=C\C/C=C\C/C=C\C/C=C\CCCCCCCCCCCCCC(=O)NC(COP(=O)(O)OCC[N+](C)(C)C)C(O)CCCCCCCCCCCCC. The summed E-state index contributed by atoms with van der Waals surface area (Å²) in [5, 5.41) is 14.0. The minimum atomic E-state index is -4.32. The van der Waals surface area contributed by atoms with Crippen molar-refractivity contribution < 1.29 is 32.9 Å². The number of phosphoric ester groups is 1. The average molecular weight is 864 g/mol. The van der Waals surface area contributed by atoms with E-state index in [1.54, 1.807) is 0 Å². The summed E-state index contributed by atoms with van der Waals surface area (Å²) >= 11 is 0. The number of nitrogens with one attached hydrogen (secondary N) is 1. The lowest BCUT2D eigenvalue weighted by Crippen LogP contribution is -2.46. The second kappa shape index (κ2) is 42.5. The predicted molar refractivity (Wildman–Crippen MR) is 258 cm³/mol. The maximum atomic E-state index is 12.9. The maximum Gasteiger partial charge on any atom is 0.472 e. The van der Waals surface area contributed by atoms with Gasteiger partial charge in [-0.15, -0.1) is 0 Å². The fourth-order valence-electron chi connectivity index (χ4n) is 6.90. The number of phosphoric acid groups is 1. The van der Waals surface area contributed by atoms with Crippen molar-refractivity contribution in [1.82, 2.24) is 5.32 Å². The van der Waals surface area contributed by atoms with E-state index < -0.39 is 20.0 Å². The first-order chi connectivity index (χ1) is 29.0. The lowest BCUT2D eigenvalue weighted by Gasteiger charge is -2.26. The Morgan fingerprint density at radius 3 is 1.47 bits per heavy atom. The number of hydrogen-bond acceptors (Lipinski definition) is 5. The van der Waals surface area contributed by atoms with E-state index in [4.69, 9.17) is 9.05 Å². The van der Waals surface area contributed by atoms with Crippen LogP contribution < -0.4 is 5.32 Å². The zero-order valence-electron chi connectivity index (χ0n) is 39.7. The van der Waals surface area contributed by atoms with Crippen LogP contribution in [0, 0.1) is 0 Å². The Morgan fingerprint density at radius 1 is 0.583 bits per heavy atom. The number of carbonyl (C=O) groups is 1. The molecule has 0 saturated heterocycles. The Morgan fingerprint density at radius 2 is 1.00 bits per heavy atom. The van der Waals surface area contributed by atoms with E-state index in [1.807, 2.05) is 21.1 Å². The number of rotatable bonds is 44. The third kappa shape index (κ3) is 44.3. The second-order valence-corrected chi connectivity index (χ2v) is 19.3. The van der Waals surface area contributed by atoms with Crippen molar-refractivity contribution in [3.8, 4) is 0 Å². The third-order valence-electron chi connectivity index (χ3n) is 10.8. The number of aliphatic hydroxyl groups excluding tert-OH is 1. The van der Waals surface area contributed by atoms with Crippen molar-refractivity contribution in [2.24, 2.45) is 0 Å². The van der Waals surface area contributed by atoms with Gasteiger partial charge < -0.3 is 19.8 Å². The van der Waals surface area contributed by atoms with Gasteiger partial charge in [0.2, 0.25) is 5.91 Å². The van der Waals surface area contributed by atoms with Crippen LogP contribution in [0.5, 0.6) is 0 Å². The molecule has 3 atom stereocenters. The molecule has 0 bridgehead atoms. The summed E-state index contributed by atoms with van der Waals surface area (Å²) in [6, 6.07) is -0.763. The molecule has 1 amide bonds. The van der Waals surface area contributed by atoms with Gasteiger partial charge in [-0.25, -0.2) is 4.57 Å². The van der Waals surface area contributed by atoms with Gasteiger partial charge in [0.15, 0.2) is 0 Å². The molecule has 0 aromatic heterocycles. The highest BCUT2D eigenvalue weighted by Gasteiger charge is 2.28. The normalized spacial score (nSPS) is 14.7. The van der Waals surface area contributed by atoms with E-state index in [2.05, 4.69) is 79.9 Å². The summed E-state index contributed by atoms with van der Waals surface area (Å²) in [7, 11) is 1.61. The lowest BCUT2D eigenvalue weighted by atomic mass is 10.0. The van der Waals surface area contributed by atoms with E-state index in [0.29, 0.717) is 23.9 Å². The van der Waals surface area contributed by atoms with Crippen LogP contribution in [0.4, 0.5) is 0 Å². The van der Waals surface area contributed by atoms with Crippen LogP contribution in [-0.4, -0.2) is 73.4 Å². The number of quaternary nitrogens is 1. The van der Waals surface area contributed by atoms with Gasteiger partial charge in [0, 0.05) is 6.42 Å². The largest absolute Gasteiger partial charge is 0.472 e. The summed E-state index contributed by atoms with van der Waals surface area (Å²) in [5.41, 5.74) is 0. The molecule has 0 spiro atoms. The summed E-state index contributed by atoms with van der Waals surface area (Å²) in [4.78, 5) is 23.2. The average Bonchev–Trinajstić information content (AvgIpc) is 3.20. The monoisotopic (exact) mass is 864 g/mol. The number of carbonyl (C=O) groups excluding carboxylic acids is 1. The van der Waals surface area contributed by atoms with Crippen molar-refractivity contribution >= 4 is 13.7 Å². The topological polar surface area (TPSA) is 105 Å². The lowest BCUT2D eigenvalue weighted by molar-refractivity contribution is -0.870. The smallest absolute Gasteiger partial charge is 0.391 e. The molecule has 8 nitrogen and oxygen atoms in total. The van der Waals surface area contributed by atoms with Crippen LogP contribution in [0.3, 0.4) is 0 Å². The Kier molecular flexibility index (Phi) is 41.2. The van der Waals surface area contributed by atoms with Gasteiger partial charge in [-0.1, -0.05) is 203 Å². The maximum absolute atomic E-state index is 12.9. The Labute approximate surface area is 371 Å². The Balaban J connectivity index is 4.16. The van der Waals surface area contributed by atoms with E-state index in [0.717, 1.165) is 70.6 Å². The van der Waals surface area contributed by atoms with Crippen LogP contribution in [0.15, 0.2) is 60.8 Å². The summed E-state index contributed by atoms with van der Waals surface area (Å²) in [6.07, 6.45) is 55.4. The standard InChI is InChI=1S/C51H95N2O6P/c1-6-8-10-12-14-16-18-19-20-21-22-23-24-25-26-27-28-29-30-31-32-33-35-37-39-41-43-45-51(55)52-49(48-59-60(56,57)58-47-46-53(3,4)5)50(54)44-42-40-38-36-34-17-15-13-11-9-7-2/h8,10,14,16,19-20,22-23,25-26,49-50,54H,6-7,9,11-13,15,17-18,21,24,27-48H2,1-5H3,(H-,52,55,56,57)/p+1/b10-8-,16-14-,20-19-,23-22-,26-25-. The summed E-state index contributed by atoms with van der Waals surface area (Å²) in [5.74, 6) is -0.151. The minimum Gasteiger partial charge on any atom is -0.391 e. The first-order valence-electron chi connectivity index (χ1n) is 24.7. The second-order valence-electron chi connectivity index (χ2n) is 17.8. The molecule has 0 aromatic rings. The van der Waals surface area contributed by atoms with E-state index in [-0.39, 0.29) is 19.1 Å². The molecule has 0 fully saturated rings. The van der Waals surface area contributed by atoms with E-state index in [9.17, 15) is 19.4 Å². The quantitative estimate of drug-likeness (QED) is 0.0244. The molecule has 3 N–H and O–H groups in total. The number of hydrogen-bond donors (Lipinski definition) is 3. The first-order valence-corrected chi connectivity index (χ1v) is 26.1. The molecule has 0 aliphatic carbocycles. The van der Waals surface area contributed by atoms with Crippen LogP contribution in [0.2, 0.25) is 0 Å². The molecule has 0 saturated carbocycles. The summed E-state index contributed by atoms with van der Waals surface area (Å²) in [6.45, 7) is 4.75. The van der Waals surface area contributed by atoms with Gasteiger partial charge in [0.25, 0.3) is 0 Å². The van der Waals surface area contributed by atoms with Gasteiger partial charge in [0.05, 0.1) is 39.9 Å². The van der Waals surface area contributed by atoms with Gasteiger partial charge in [-0.05, 0) is 57.8 Å². The van der Waals surface area contributed by atoms with Crippen LogP contribution in [0.1, 0.15) is 206 Å². The fourth-order valence-corrected chi connectivity index (χ4v) is 7.63. The minimum absolute atomic E-state index is 0.0720. The molecule has 9 heteroatoms. The van der Waals surface area contributed by atoms with Crippen LogP contribution >= 0.6 is 7.82 Å². The first kappa shape index (κ1) is 58.2. The molecular weight excluding hydrogens is 768 g/mol. The number of nitrogens with zero attached hydrogens (tertiary/aromatic N) is 1. The highest BCUT2D eigenvalue weighted by molar-refractivity contribution is 7.47. The molecule has 0 aliphatic heterocycles. The van der Waals surface area contributed by atoms with Crippen molar-refractivity contribution in [2.75, 3.05) is 40.9 Å². The number of allylic oxidation sites excluding steroid dienone is 10. The van der Waals surface area contributed by atoms with E-state index >= 15 is 0 Å². The number of unbranched alkanes of at least 4 members (excludes halogenated alkanes) is 21.